The maximum atomic E-state index is 14.3. The lowest BCUT2D eigenvalue weighted by molar-refractivity contribution is 0.447. The maximum absolute atomic E-state index is 14.3. The smallest absolute Gasteiger partial charge is 0.194 e. The van der Waals surface area contributed by atoms with Gasteiger partial charge in [-0.05, 0) is 47.0 Å². The summed E-state index contributed by atoms with van der Waals surface area (Å²) in [6, 6.07) is 13.0. The van der Waals surface area contributed by atoms with Crippen LogP contribution in [0.4, 0.5) is 17.6 Å². The second-order valence-corrected chi connectivity index (χ2v) is 5.51. The molecule has 5 heteroatoms. The zero-order valence-corrected chi connectivity index (χ0v) is 12.5. The highest BCUT2D eigenvalue weighted by molar-refractivity contribution is 7.80. The van der Waals surface area contributed by atoms with Crippen molar-refractivity contribution >= 4 is 12.6 Å². The minimum absolute atomic E-state index is 0.00244. The minimum Gasteiger partial charge on any atom is -0.206 e. The molecule has 0 saturated heterocycles. The van der Waals surface area contributed by atoms with Gasteiger partial charge in [0.2, 0.25) is 0 Å². The second kappa shape index (κ2) is 6.08. The molecule has 0 radical (unpaired) electrons. The summed E-state index contributed by atoms with van der Waals surface area (Å²) in [5.41, 5.74) is 1.33. The van der Waals surface area contributed by atoms with Crippen molar-refractivity contribution < 1.29 is 17.6 Å². The molecule has 3 rings (SSSR count). The third kappa shape index (κ3) is 3.10. The van der Waals surface area contributed by atoms with Gasteiger partial charge in [-0.25, -0.2) is 17.6 Å². The molecule has 3 aromatic carbocycles. The molecular formula is C18H10F4S. The average Bonchev–Trinajstić information content (AvgIpc) is 2.53. The molecule has 0 aliphatic heterocycles. The van der Waals surface area contributed by atoms with Crippen LogP contribution < -0.4 is 0 Å². The predicted octanol–water partition coefficient (Wildman–Crippen LogP) is 5.87. The normalized spacial score (nSPS) is 10.8. The largest absolute Gasteiger partial charge is 0.206 e. The monoisotopic (exact) mass is 334 g/mol. The Kier molecular flexibility index (Phi) is 4.13. The average molecular weight is 334 g/mol. The number of rotatable bonds is 2. The van der Waals surface area contributed by atoms with Gasteiger partial charge in [0, 0.05) is 10.5 Å². The Morgan fingerprint density at radius 1 is 0.565 bits per heavy atom. The molecule has 0 heterocycles. The summed E-state index contributed by atoms with van der Waals surface area (Å²) < 4.78 is 53.9. The van der Waals surface area contributed by atoms with Crippen molar-refractivity contribution in [1.29, 1.82) is 0 Å². The summed E-state index contributed by atoms with van der Waals surface area (Å²) in [7, 11) is 0. The topological polar surface area (TPSA) is 0 Å². The van der Waals surface area contributed by atoms with Crippen LogP contribution in [0.2, 0.25) is 0 Å². The number of hydrogen-bond acceptors (Lipinski definition) is 1. The molecule has 23 heavy (non-hydrogen) atoms. The van der Waals surface area contributed by atoms with Gasteiger partial charge in [0.15, 0.2) is 17.5 Å². The Morgan fingerprint density at radius 3 is 1.65 bits per heavy atom. The van der Waals surface area contributed by atoms with Crippen LogP contribution in [-0.4, -0.2) is 0 Å². The molecule has 116 valence electrons. The first-order valence-corrected chi connectivity index (χ1v) is 7.14. The maximum Gasteiger partial charge on any atom is 0.194 e. The quantitative estimate of drug-likeness (QED) is 0.338. The van der Waals surface area contributed by atoms with Crippen molar-refractivity contribution in [1.82, 2.24) is 0 Å². The van der Waals surface area contributed by atoms with E-state index in [1.54, 1.807) is 30.3 Å². The molecule has 0 amide bonds. The zero-order valence-electron chi connectivity index (χ0n) is 11.7. The van der Waals surface area contributed by atoms with Gasteiger partial charge in [0.05, 0.1) is 0 Å². The SMILES string of the molecule is Fc1cc(-c2ccc(S)cc2)ccc1-c1cc(F)c(F)c(F)c1. The number of benzene rings is 3. The number of halogens is 4. The van der Waals surface area contributed by atoms with Crippen molar-refractivity contribution in [2.45, 2.75) is 4.90 Å². The van der Waals surface area contributed by atoms with Gasteiger partial charge in [-0.1, -0.05) is 24.3 Å². The lowest BCUT2D eigenvalue weighted by Crippen LogP contribution is -1.94. The molecule has 0 aliphatic rings. The lowest BCUT2D eigenvalue weighted by atomic mass is 9.99. The summed E-state index contributed by atoms with van der Waals surface area (Å²) in [6.07, 6.45) is 0. The third-order valence-electron chi connectivity index (χ3n) is 3.46. The van der Waals surface area contributed by atoms with Crippen molar-refractivity contribution in [2.75, 3.05) is 0 Å². The van der Waals surface area contributed by atoms with Crippen molar-refractivity contribution in [2.24, 2.45) is 0 Å². The summed E-state index contributed by atoms with van der Waals surface area (Å²) in [4.78, 5) is 0.781. The second-order valence-electron chi connectivity index (χ2n) is 5.00. The van der Waals surface area contributed by atoms with Gasteiger partial charge in [-0.15, -0.1) is 12.6 Å². The van der Waals surface area contributed by atoms with Crippen LogP contribution >= 0.6 is 12.6 Å². The van der Waals surface area contributed by atoms with E-state index in [0.29, 0.717) is 5.56 Å². The van der Waals surface area contributed by atoms with E-state index in [-0.39, 0.29) is 11.1 Å². The summed E-state index contributed by atoms with van der Waals surface area (Å²) in [6.45, 7) is 0. The van der Waals surface area contributed by atoms with Crippen LogP contribution in [0.1, 0.15) is 0 Å². The Labute approximate surface area is 135 Å². The molecule has 3 aromatic rings. The highest BCUT2D eigenvalue weighted by Gasteiger charge is 2.14. The van der Waals surface area contributed by atoms with Gasteiger partial charge < -0.3 is 0 Å². The molecule has 0 spiro atoms. The Hall–Kier alpha value is -2.27. The van der Waals surface area contributed by atoms with Crippen LogP contribution in [0.15, 0.2) is 59.5 Å². The minimum atomic E-state index is -1.57. The first-order chi connectivity index (χ1) is 11.0. The summed E-state index contributed by atoms with van der Waals surface area (Å²) in [5.74, 6) is -4.93. The van der Waals surface area contributed by atoms with Crippen molar-refractivity contribution in [3.8, 4) is 22.3 Å². The van der Waals surface area contributed by atoms with Crippen LogP contribution in [0.5, 0.6) is 0 Å². The van der Waals surface area contributed by atoms with E-state index in [4.69, 9.17) is 0 Å². The van der Waals surface area contributed by atoms with Crippen LogP contribution in [0.3, 0.4) is 0 Å². The van der Waals surface area contributed by atoms with Crippen LogP contribution in [0.25, 0.3) is 22.3 Å². The Morgan fingerprint density at radius 2 is 1.09 bits per heavy atom. The van der Waals surface area contributed by atoms with E-state index in [9.17, 15) is 17.6 Å². The van der Waals surface area contributed by atoms with E-state index >= 15 is 0 Å². The first-order valence-electron chi connectivity index (χ1n) is 6.69. The molecule has 0 aromatic heterocycles. The number of thiol groups is 1. The van der Waals surface area contributed by atoms with E-state index < -0.39 is 23.3 Å². The summed E-state index contributed by atoms with van der Waals surface area (Å²) in [5, 5.41) is 0. The van der Waals surface area contributed by atoms with Gasteiger partial charge in [0.1, 0.15) is 5.82 Å². The lowest BCUT2D eigenvalue weighted by Gasteiger charge is -2.08. The van der Waals surface area contributed by atoms with Crippen molar-refractivity contribution in [3.63, 3.8) is 0 Å². The molecule has 0 nitrogen and oxygen atoms in total. The molecule has 0 atom stereocenters. The van der Waals surface area contributed by atoms with Crippen LogP contribution in [0, 0.1) is 23.3 Å². The number of hydrogen-bond donors (Lipinski definition) is 1. The van der Waals surface area contributed by atoms with E-state index in [1.807, 2.05) is 0 Å². The van der Waals surface area contributed by atoms with E-state index in [2.05, 4.69) is 12.6 Å². The molecule has 0 aliphatic carbocycles. The van der Waals surface area contributed by atoms with Gasteiger partial charge in [-0.2, -0.15) is 0 Å². The fourth-order valence-electron chi connectivity index (χ4n) is 2.29. The fraction of sp³-hybridized carbons (Fsp3) is 0. The molecule has 0 fully saturated rings. The highest BCUT2D eigenvalue weighted by Crippen LogP contribution is 2.30. The summed E-state index contributed by atoms with van der Waals surface area (Å²) >= 11 is 4.18. The molecule has 0 saturated carbocycles. The Balaban J connectivity index is 2.04. The van der Waals surface area contributed by atoms with Gasteiger partial charge in [0.25, 0.3) is 0 Å². The van der Waals surface area contributed by atoms with Crippen LogP contribution in [-0.2, 0) is 0 Å². The van der Waals surface area contributed by atoms with Crippen molar-refractivity contribution in [3.05, 3.63) is 77.9 Å². The molecule has 0 bridgehead atoms. The predicted molar refractivity (Wildman–Crippen MR) is 84.4 cm³/mol. The zero-order chi connectivity index (χ0) is 16.6. The molecular weight excluding hydrogens is 324 g/mol. The third-order valence-corrected chi connectivity index (χ3v) is 3.76. The van der Waals surface area contributed by atoms with E-state index in [0.717, 1.165) is 22.6 Å². The standard InChI is InChI=1S/C18H10F4S/c19-15-7-11(10-1-4-13(23)5-2-10)3-6-14(15)12-8-16(20)18(22)17(21)9-12/h1-9,23H. The molecule has 0 unspecified atom stereocenters. The van der Waals surface area contributed by atoms with Gasteiger partial charge in [-0.3, -0.25) is 0 Å². The first kappa shape index (κ1) is 15.6. The Bertz CT molecular complexity index is 850. The van der Waals surface area contributed by atoms with E-state index in [1.165, 1.54) is 12.1 Å². The highest BCUT2D eigenvalue weighted by atomic mass is 32.1. The fourth-order valence-corrected chi connectivity index (χ4v) is 2.44. The molecule has 0 N–H and O–H groups in total. The van der Waals surface area contributed by atoms with Gasteiger partial charge >= 0.3 is 0 Å².